The normalized spacial score (nSPS) is 31.5. The van der Waals surface area contributed by atoms with Crippen LogP contribution in [-0.2, 0) is 0 Å². The molecule has 0 bridgehead atoms. The quantitative estimate of drug-likeness (QED) is 0.684. The van der Waals surface area contributed by atoms with Crippen molar-refractivity contribution in [2.45, 2.75) is 32.7 Å². The first-order valence-corrected chi connectivity index (χ1v) is 8.00. The van der Waals surface area contributed by atoms with Crippen molar-refractivity contribution in [1.82, 2.24) is 0 Å². The van der Waals surface area contributed by atoms with Gasteiger partial charge in [0, 0.05) is 0 Å². The summed E-state index contributed by atoms with van der Waals surface area (Å²) in [6.07, 6.45) is 2.95. The van der Waals surface area contributed by atoms with E-state index in [1.165, 1.54) is 18.9 Å². The molecule has 1 fully saturated rings. The van der Waals surface area contributed by atoms with Gasteiger partial charge in [-0.1, -0.05) is 55.4 Å². The summed E-state index contributed by atoms with van der Waals surface area (Å²) in [5, 5.41) is 1.64. The molecule has 0 aromatic heterocycles. The van der Waals surface area contributed by atoms with Gasteiger partial charge in [-0.25, -0.2) is 0 Å². The molecule has 3 atom stereocenters. The van der Waals surface area contributed by atoms with Gasteiger partial charge >= 0.3 is 0 Å². The molecule has 0 spiro atoms. The van der Waals surface area contributed by atoms with E-state index < -0.39 is 0 Å². The van der Waals surface area contributed by atoms with Gasteiger partial charge in [-0.15, -0.1) is 0 Å². The molecule has 0 aliphatic heterocycles. The highest BCUT2D eigenvalue weighted by Gasteiger charge is 2.27. The first kappa shape index (κ1) is 10.9. The van der Waals surface area contributed by atoms with Crippen molar-refractivity contribution >= 4 is 14.7 Å². The lowest BCUT2D eigenvalue weighted by molar-refractivity contribution is 0.456. The van der Waals surface area contributed by atoms with Crippen LogP contribution in [0.15, 0.2) is 30.3 Å². The van der Waals surface area contributed by atoms with Crippen LogP contribution < -0.4 is 5.19 Å². The summed E-state index contributed by atoms with van der Waals surface area (Å²) in [7, 11) is 0.00471. The molecule has 0 N–H and O–H groups in total. The van der Waals surface area contributed by atoms with Crippen LogP contribution in [0.1, 0.15) is 26.7 Å². The average molecular weight is 218 g/mol. The van der Waals surface area contributed by atoms with Crippen molar-refractivity contribution < 1.29 is 0 Å². The molecular formula is C14H22Si. The first-order chi connectivity index (χ1) is 7.25. The number of hydrogen-bond acceptors (Lipinski definition) is 0. The van der Waals surface area contributed by atoms with E-state index >= 15 is 0 Å². The van der Waals surface area contributed by atoms with E-state index in [1.54, 1.807) is 5.19 Å². The van der Waals surface area contributed by atoms with Crippen LogP contribution >= 0.6 is 0 Å². The summed E-state index contributed by atoms with van der Waals surface area (Å²) >= 11 is 0. The molecular weight excluding hydrogens is 196 g/mol. The van der Waals surface area contributed by atoms with Crippen molar-refractivity contribution in [3.63, 3.8) is 0 Å². The van der Waals surface area contributed by atoms with Crippen LogP contribution in [0.4, 0.5) is 0 Å². The average Bonchev–Trinajstić information content (AvgIpc) is 2.56. The molecule has 15 heavy (non-hydrogen) atoms. The van der Waals surface area contributed by atoms with Crippen molar-refractivity contribution in [3.05, 3.63) is 30.3 Å². The molecule has 1 aliphatic rings. The Kier molecular flexibility index (Phi) is 3.63. The predicted molar refractivity (Wildman–Crippen MR) is 70.5 cm³/mol. The summed E-state index contributed by atoms with van der Waals surface area (Å²) in [4.78, 5) is 0. The molecule has 1 aromatic rings. The molecule has 0 radical (unpaired) electrons. The Labute approximate surface area is 95.9 Å². The molecule has 3 unspecified atom stereocenters. The van der Waals surface area contributed by atoms with E-state index in [4.69, 9.17) is 0 Å². The first-order valence-electron chi connectivity index (χ1n) is 6.29. The van der Waals surface area contributed by atoms with Crippen molar-refractivity contribution in [1.29, 1.82) is 0 Å². The third kappa shape index (κ3) is 2.94. The highest BCUT2D eigenvalue weighted by molar-refractivity contribution is 6.53. The van der Waals surface area contributed by atoms with Crippen LogP contribution in [0.2, 0.25) is 6.04 Å². The van der Waals surface area contributed by atoms with E-state index in [2.05, 4.69) is 44.2 Å². The zero-order valence-electron chi connectivity index (χ0n) is 9.95. The van der Waals surface area contributed by atoms with Gasteiger partial charge in [0.1, 0.15) is 0 Å². The smallest absolute Gasteiger partial charge is 0.0550 e. The maximum atomic E-state index is 2.45. The molecule has 0 heterocycles. The van der Waals surface area contributed by atoms with Gasteiger partial charge in [0.05, 0.1) is 9.52 Å². The van der Waals surface area contributed by atoms with E-state index in [0.717, 1.165) is 17.8 Å². The van der Waals surface area contributed by atoms with Crippen molar-refractivity contribution in [3.8, 4) is 0 Å². The van der Waals surface area contributed by atoms with Gasteiger partial charge < -0.3 is 0 Å². The lowest BCUT2D eigenvalue weighted by Crippen LogP contribution is -2.17. The molecule has 0 nitrogen and oxygen atoms in total. The van der Waals surface area contributed by atoms with Crippen LogP contribution in [0.25, 0.3) is 0 Å². The second-order valence-electron chi connectivity index (χ2n) is 5.34. The minimum atomic E-state index is 0.00471. The number of rotatable bonds is 3. The van der Waals surface area contributed by atoms with Gasteiger partial charge in [-0.2, -0.15) is 0 Å². The SMILES string of the molecule is CC1CC(C)C(C[SiH2]c2ccccc2)C1. The lowest BCUT2D eigenvalue weighted by atomic mass is 10.0. The van der Waals surface area contributed by atoms with Crippen molar-refractivity contribution in [2.24, 2.45) is 17.8 Å². The summed E-state index contributed by atoms with van der Waals surface area (Å²) in [6.45, 7) is 4.87. The number of benzene rings is 1. The Morgan fingerprint density at radius 3 is 2.47 bits per heavy atom. The summed E-state index contributed by atoms with van der Waals surface area (Å²) < 4.78 is 0. The highest BCUT2D eigenvalue weighted by atomic mass is 28.2. The maximum absolute atomic E-state index is 2.45. The Balaban J connectivity index is 1.84. The molecule has 2 rings (SSSR count). The minimum Gasteiger partial charge on any atom is -0.0669 e. The van der Waals surface area contributed by atoms with Gasteiger partial charge in [0.2, 0.25) is 0 Å². The van der Waals surface area contributed by atoms with E-state index in [-0.39, 0.29) is 9.52 Å². The third-order valence-electron chi connectivity index (χ3n) is 3.93. The number of hydrogen-bond donors (Lipinski definition) is 0. The van der Waals surface area contributed by atoms with Crippen LogP contribution in [0, 0.1) is 17.8 Å². The topological polar surface area (TPSA) is 0 Å². The molecule has 1 saturated carbocycles. The lowest BCUT2D eigenvalue weighted by Gasteiger charge is -2.14. The zero-order valence-corrected chi connectivity index (χ0v) is 11.4. The van der Waals surface area contributed by atoms with Crippen molar-refractivity contribution in [2.75, 3.05) is 0 Å². The molecule has 82 valence electrons. The summed E-state index contributed by atoms with van der Waals surface area (Å²) in [5.41, 5.74) is 0. The largest absolute Gasteiger partial charge is 0.0669 e. The Morgan fingerprint density at radius 2 is 1.87 bits per heavy atom. The zero-order chi connectivity index (χ0) is 10.7. The fourth-order valence-electron chi connectivity index (χ4n) is 3.07. The molecule has 0 saturated heterocycles. The highest BCUT2D eigenvalue weighted by Crippen LogP contribution is 2.37. The maximum Gasteiger partial charge on any atom is 0.0550 e. The van der Waals surface area contributed by atoms with Gasteiger partial charge in [0.25, 0.3) is 0 Å². The van der Waals surface area contributed by atoms with E-state index in [1.807, 2.05) is 0 Å². The van der Waals surface area contributed by atoms with E-state index in [9.17, 15) is 0 Å². The van der Waals surface area contributed by atoms with E-state index in [0.29, 0.717) is 0 Å². The Bertz CT molecular complexity index is 293. The second-order valence-corrected chi connectivity index (χ2v) is 7.23. The predicted octanol–water partition coefficient (Wildman–Crippen LogP) is 2.58. The molecule has 1 aliphatic carbocycles. The molecule has 1 aromatic carbocycles. The second kappa shape index (κ2) is 4.98. The van der Waals surface area contributed by atoms with Crippen LogP contribution in [-0.4, -0.2) is 9.52 Å². The van der Waals surface area contributed by atoms with Gasteiger partial charge in [-0.05, 0) is 30.6 Å². The fraction of sp³-hybridized carbons (Fsp3) is 0.571. The van der Waals surface area contributed by atoms with Crippen LogP contribution in [0.5, 0.6) is 0 Å². The Morgan fingerprint density at radius 1 is 1.13 bits per heavy atom. The summed E-state index contributed by atoms with van der Waals surface area (Å²) in [5.74, 6) is 3.00. The Hall–Kier alpha value is -0.563. The third-order valence-corrected chi connectivity index (χ3v) is 6.01. The van der Waals surface area contributed by atoms with Crippen LogP contribution in [0.3, 0.4) is 0 Å². The standard InChI is InChI=1S/C14H22Si/c1-11-8-12(2)13(9-11)10-15-14-6-4-3-5-7-14/h3-7,11-13H,8-10,15H2,1-2H3. The minimum absolute atomic E-state index is 0.00471. The fourth-order valence-corrected chi connectivity index (χ4v) is 5.19. The monoisotopic (exact) mass is 218 g/mol. The molecule has 0 amide bonds. The van der Waals surface area contributed by atoms with Gasteiger partial charge in [0.15, 0.2) is 0 Å². The van der Waals surface area contributed by atoms with Gasteiger partial charge in [-0.3, -0.25) is 0 Å². The molecule has 1 heteroatoms. The summed E-state index contributed by atoms with van der Waals surface area (Å²) in [6, 6.07) is 12.6.